The monoisotopic (exact) mass is 580 g/mol. The van der Waals surface area contributed by atoms with Gasteiger partial charge in [-0.2, -0.15) is 0 Å². The maximum Gasteiger partial charge on any atom is 0.0719 e. The standard InChI is InChI=1S/C35H25Cl.C4H8.C3H8/c1-22-27-11-5-3-9-24(27)15-18-31(22)35(32-19-16-25-10-4-6-12-28(25)23(32)2)33-14-8-7-13-29(33)30-21-26(36)17-20-34(30)35;1-3-4-2;1-3-2/h3-21H,1-2H3;3H,1,4H2,2H3;3H2,1-2H3. The third kappa shape index (κ3) is 5.19. The molecule has 43 heavy (non-hydrogen) atoms. The minimum absolute atomic E-state index is 0.446. The van der Waals surface area contributed by atoms with Gasteiger partial charge in [0.1, 0.15) is 0 Å². The summed E-state index contributed by atoms with van der Waals surface area (Å²) in [5.41, 5.74) is 9.94. The Morgan fingerprint density at radius 3 is 1.56 bits per heavy atom. The fourth-order valence-corrected chi connectivity index (χ4v) is 6.82. The van der Waals surface area contributed by atoms with E-state index in [0.29, 0.717) is 0 Å². The van der Waals surface area contributed by atoms with Gasteiger partial charge in [0, 0.05) is 5.02 Å². The highest BCUT2D eigenvalue weighted by Crippen LogP contribution is 2.58. The highest BCUT2D eigenvalue weighted by atomic mass is 35.5. The van der Waals surface area contributed by atoms with E-state index in [1.807, 2.05) is 12.1 Å². The normalized spacial score (nSPS) is 12.4. The molecule has 216 valence electrons. The zero-order valence-electron chi connectivity index (χ0n) is 26.0. The van der Waals surface area contributed by atoms with Crippen molar-refractivity contribution in [2.75, 3.05) is 0 Å². The Labute approximate surface area is 262 Å². The van der Waals surface area contributed by atoms with Crippen molar-refractivity contribution in [3.8, 4) is 11.1 Å². The molecule has 6 aromatic rings. The van der Waals surface area contributed by atoms with Crippen LogP contribution >= 0.6 is 11.6 Å². The van der Waals surface area contributed by atoms with Gasteiger partial charge in [-0.25, -0.2) is 0 Å². The molecule has 0 saturated carbocycles. The van der Waals surface area contributed by atoms with Crippen LogP contribution in [0.2, 0.25) is 5.02 Å². The van der Waals surface area contributed by atoms with Gasteiger partial charge in [0.15, 0.2) is 0 Å². The summed E-state index contributed by atoms with van der Waals surface area (Å²) in [5, 5.41) is 5.91. The molecule has 0 bridgehead atoms. The lowest BCUT2D eigenvalue weighted by atomic mass is 9.64. The largest absolute Gasteiger partial charge is 0.103 e. The zero-order valence-corrected chi connectivity index (χ0v) is 26.8. The van der Waals surface area contributed by atoms with Crippen molar-refractivity contribution in [2.24, 2.45) is 0 Å². The molecule has 0 aliphatic heterocycles. The van der Waals surface area contributed by atoms with Crippen molar-refractivity contribution in [1.29, 1.82) is 0 Å². The van der Waals surface area contributed by atoms with Crippen molar-refractivity contribution in [3.05, 3.63) is 166 Å². The molecule has 0 spiro atoms. The lowest BCUT2D eigenvalue weighted by Crippen LogP contribution is -2.30. The van der Waals surface area contributed by atoms with E-state index in [2.05, 4.69) is 150 Å². The molecule has 0 radical (unpaired) electrons. The van der Waals surface area contributed by atoms with Crippen LogP contribution in [-0.4, -0.2) is 0 Å². The predicted molar refractivity (Wildman–Crippen MR) is 190 cm³/mol. The fraction of sp³-hybridized carbons (Fsp3) is 0.190. The molecule has 0 fully saturated rings. The number of allylic oxidation sites excluding steroid dienone is 1. The number of aryl methyl sites for hydroxylation is 2. The summed E-state index contributed by atoms with van der Waals surface area (Å²) in [5.74, 6) is 0. The summed E-state index contributed by atoms with van der Waals surface area (Å²) >= 11 is 6.59. The number of halogens is 1. The first-order valence-corrected chi connectivity index (χ1v) is 15.8. The molecular formula is C42H41Cl. The van der Waals surface area contributed by atoms with Crippen LogP contribution in [0.15, 0.2) is 128 Å². The molecule has 6 aromatic carbocycles. The van der Waals surface area contributed by atoms with Gasteiger partial charge in [0.2, 0.25) is 0 Å². The van der Waals surface area contributed by atoms with Crippen LogP contribution < -0.4 is 0 Å². The summed E-state index contributed by atoms with van der Waals surface area (Å²) in [6.07, 6.45) is 4.21. The molecule has 1 heteroatoms. The van der Waals surface area contributed by atoms with Crippen molar-refractivity contribution >= 4 is 33.1 Å². The lowest BCUT2D eigenvalue weighted by Gasteiger charge is -2.37. The highest BCUT2D eigenvalue weighted by Gasteiger charge is 2.47. The van der Waals surface area contributed by atoms with Gasteiger partial charge in [-0.15, -0.1) is 6.58 Å². The van der Waals surface area contributed by atoms with E-state index in [1.54, 1.807) is 0 Å². The van der Waals surface area contributed by atoms with Crippen LogP contribution in [-0.2, 0) is 5.41 Å². The minimum atomic E-state index is -0.446. The van der Waals surface area contributed by atoms with Crippen LogP contribution in [0, 0.1) is 13.8 Å². The van der Waals surface area contributed by atoms with Gasteiger partial charge >= 0.3 is 0 Å². The van der Waals surface area contributed by atoms with Gasteiger partial charge in [-0.3, -0.25) is 0 Å². The minimum Gasteiger partial charge on any atom is -0.103 e. The van der Waals surface area contributed by atoms with Crippen molar-refractivity contribution in [3.63, 3.8) is 0 Å². The van der Waals surface area contributed by atoms with Gasteiger partial charge < -0.3 is 0 Å². The van der Waals surface area contributed by atoms with Gasteiger partial charge in [-0.05, 0) is 98.5 Å². The Bertz CT molecular complexity index is 1820. The predicted octanol–water partition coefficient (Wildman–Crippen LogP) is 12.6. The lowest BCUT2D eigenvalue weighted by molar-refractivity contribution is 0.758. The average Bonchev–Trinajstić information content (AvgIpc) is 3.32. The zero-order chi connectivity index (χ0) is 30.6. The van der Waals surface area contributed by atoms with E-state index >= 15 is 0 Å². The number of benzene rings is 6. The van der Waals surface area contributed by atoms with E-state index in [9.17, 15) is 0 Å². The van der Waals surface area contributed by atoms with Crippen molar-refractivity contribution < 1.29 is 0 Å². The second-order valence-corrected chi connectivity index (χ2v) is 11.7. The van der Waals surface area contributed by atoms with Gasteiger partial charge in [0.25, 0.3) is 0 Å². The van der Waals surface area contributed by atoms with Gasteiger partial charge in [0.05, 0.1) is 5.41 Å². The maximum atomic E-state index is 6.59. The molecule has 0 heterocycles. The van der Waals surface area contributed by atoms with E-state index in [4.69, 9.17) is 11.6 Å². The van der Waals surface area contributed by atoms with Crippen molar-refractivity contribution in [2.45, 2.75) is 52.9 Å². The van der Waals surface area contributed by atoms with Crippen LogP contribution in [0.25, 0.3) is 32.7 Å². The number of hydrogen-bond acceptors (Lipinski definition) is 0. The molecule has 7 rings (SSSR count). The molecule has 0 N–H and O–H groups in total. The van der Waals surface area contributed by atoms with E-state index in [-0.39, 0.29) is 0 Å². The van der Waals surface area contributed by atoms with E-state index < -0.39 is 5.41 Å². The first-order chi connectivity index (χ1) is 20.9. The molecule has 0 nitrogen and oxygen atoms in total. The van der Waals surface area contributed by atoms with Crippen LogP contribution in [0.5, 0.6) is 0 Å². The summed E-state index contributed by atoms with van der Waals surface area (Å²) in [6, 6.07) is 42.0. The summed E-state index contributed by atoms with van der Waals surface area (Å²) in [7, 11) is 0. The SMILES string of the molecule is C=CCC.CCC.Cc1c(C2(c3ccc4ccccc4c3C)c3ccccc3-c3cc(Cl)ccc32)ccc2ccccc12. The molecule has 0 amide bonds. The first-order valence-electron chi connectivity index (χ1n) is 15.4. The topological polar surface area (TPSA) is 0 Å². The van der Waals surface area contributed by atoms with Crippen LogP contribution in [0.4, 0.5) is 0 Å². The molecule has 1 aliphatic rings. The molecule has 0 atom stereocenters. The Kier molecular flexibility index (Phi) is 9.19. The maximum absolute atomic E-state index is 6.59. The van der Waals surface area contributed by atoms with E-state index in [0.717, 1.165) is 11.4 Å². The summed E-state index contributed by atoms with van der Waals surface area (Å²) < 4.78 is 0. The first kappa shape index (κ1) is 30.3. The average molecular weight is 581 g/mol. The molecule has 0 aromatic heterocycles. The van der Waals surface area contributed by atoms with Gasteiger partial charge in [-0.1, -0.05) is 148 Å². The van der Waals surface area contributed by atoms with Crippen LogP contribution in [0.1, 0.15) is 67.0 Å². The molecular weight excluding hydrogens is 540 g/mol. The Morgan fingerprint density at radius 2 is 1.02 bits per heavy atom. The Morgan fingerprint density at radius 1 is 0.581 bits per heavy atom. The third-order valence-electron chi connectivity index (χ3n) is 8.50. The third-order valence-corrected chi connectivity index (χ3v) is 8.74. The smallest absolute Gasteiger partial charge is 0.0719 e. The highest BCUT2D eigenvalue weighted by molar-refractivity contribution is 6.31. The molecule has 0 saturated heterocycles. The summed E-state index contributed by atoms with van der Waals surface area (Å²) in [6.45, 7) is 14.4. The second-order valence-electron chi connectivity index (χ2n) is 11.3. The molecule has 1 aliphatic carbocycles. The van der Waals surface area contributed by atoms with Crippen molar-refractivity contribution in [1.82, 2.24) is 0 Å². The quantitative estimate of drug-likeness (QED) is 0.182. The fourth-order valence-electron chi connectivity index (χ4n) is 6.65. The number of fused-ring (bicyclic) bond motifs is 5. The number of rotatable bonds is 3. The molecule has 0 unspecified atom stereocenters. The Balaban J connectivity index is 0.000000480. The summed E-state index contributed by atoms with van der Waals surface area (Å²) in [4.78, 5) is 0. The second kappa shape index (κ2) is 13.0. The van der Waals surface area contributed by atoms with E-state index in [1.165, 1.54) is 72.5 Å². The number of hydrogen-bond donors (Lipinski definition) is 0. The Hall–Kier alpha value is -4.13. The van der Waals surface area contributed by atoms with Crippen LogP contribution in [0.3, 0.4) is 0 Å².